The van der Waals surface area contributed by atoms with E-state index in [0.29, 0.717) is 11.7 Å². The molecular formula is C15H22O3S. The molecule has 3 aliphatic rings. The maximum Gasteiger partial charge on any atom is 0.310 e. The monoisotopic (exact) mass is 282 g/mol. The maximum atomic E-state index is 11.9. The van der Waals surface area contributed by atoms with E-state index in [1.165, 1.54) is 5.57 Å². The van der Waals surface area contributed by atoms with Gasteiger partial charge in [0.05, 0.1) is 12.0 Å². The molecule has 0 aromatic heterocycles. The minimum Gasteiger partial charge on any atom is -0.461 e. The standard InChI is InChI=1S/C15H22O3S/c1-8-3-4-13(16)15(2)6-12-9(5-11(8)15)10(7-19)14(17)18-12/h5,8-10,12-13,16,19H,3-4,6-7H2,1-2H3/t8-,9+,10+,12+,13+,15+/m0/s1. The first-order valence-corrected chi connectivity index (χ1v) is 7.82. The topological polar surface area (TPSA) is 46.5 Å². The summed E-state index contributed by atoms with van der Waals surface area (Å²) in [7, 11) is 0. The number of hydrogen-bond acceptors (Lipinski definition) is 4. The van der Waals surface area contributed by atoms with Crippen LogP contribution < -0.4 is 0 Å². The first-order valence-electron chi connectivity index (χ1n) is 7.19. The lowest BCUT2D eigenvalue weighted by Gasteiger charge is -2.48. The Kier molecular flexibility index (Phi) is 3.21. The van der Waals surface area contributed by atoms with Gasteiger partial charge in [-0.2, -0.15) is 12.6 Å². The van der Waals surface area contributed by atoms with Gasteiger partial charge < -0.3 is 9.84 Å². The number of aliphatic hydroxyl groups excluding tert-OH is 1. The molecule has 4 heteroatoms. The summed E-state index contributed by atoms with van der Waals surface area (Å²) >= 11 is 4.29. The van der Waals surface area contributed by atoms with E-state index in [2.05, 4.69) is 32.6 Å². The summed E-state index contributed by atoms with van der Waals surface area (Å²) in [5.74, 6) is 0.951. The highest BCUT2D eigenvalue weighted by molar-refractivity contribution is 7.80. The summed E-state index contributed by atoms with van der Waals surface area (Å²) in [5.41, 5.74) is 1.11. The summed E-state index contributed by atoms with van der Waals surface area (Å²) in [4.78, 5) is 11.9. The molecule has 0 radical (unpaired) electrons. The SMILES string of the molecule is C[C@H]1CC[C@@H](O)[C@]2(C)C[C@H]3OC(=O)[C@H](CS)[C@H]3C=C12. The number of esters is 1. The van der Waals surface area contributed by atoms with Crippen LogP contribution in [0.1, 0.15) is 33.1 Å². The van der Waals surface area contributed by atoms with Gasteiger partial charge >= 0.3 is 5.97 Å². The predicted molar refractivity (Wildman–Crippen MR) is 75.9 cm³/mol. The first kappa shape index (κ1) is 13.5. The summed E-state index contributed by atoms with van der Waals surface area (Å²) in [6, 6.07) is 0. The molecule has 0 amide bonds. The van der Waals surface area contributed by atoms with Crippen LogP contribution >= 0.6 is 12.6 Å². The minimum atomic E-state index is -0.315. The van der Waals surface area contributed by atoms with Gasteiger partial charge in [-0.3, -0.25) is 4.79 Å². The molecule has 1 heterocycles. The third-order valence-electron chi connectivity index (χ3n) is 5.46. The Hall–Kier alpha value is -0.480. The van der Waals surface area contributed by atoms with Crippen LogP contribution in [0.4, 0.5) is 0 Å². The van der Waals surface area contributed by atoms with Crippen molar-refractivity contribution in [2.45, 2.75) is 45.3 Å². The van der Waals surface area contributed by atoms with Gasteiger partial charge in [-0.05, 0) is 25.2 Å². The second-order valence-corrected chi connectivity index (χ2v) is 6.94. The molecule has 1 saturated carbocycles. The van der Waals surface area contributed by atoms with Gasteiger partial charge in [-0.25, -0.2) is 0 Å². The van der Waals surface area contributed by atoms with Crippen LogP contribution in [-0.2, 0) is 9.53 Å². The number of aliphatic hydroxyl groups is 1. The number of hydrogen-bond donors (Lipinski definition) is 2. The Morgan fingerprint density at radius 1 is 1.53 bits per heavy atom. The van der Waals surface area contributed by atoms with E-state index >= 15 is 0 Å². The molecule has 1 aliphatic heterocycles. The molecule has 0 aromatic carbocycles. The van der Waals surface area contributed by atoms with E-state index < -0.39 is 0 Å². The van der Waals surface area contributed by atoms with Crippen molar-refractivity contribution in [2.75, 3.05) is 5.75 Å². The Labute approximate surface area is 119 Å². The lowest BCUT2D eigenvalue weighted by atomic mass is 9.58. The van der Waals surface area contributed by atoms with Crippen LogP contribution in [0.15, 0.2) is 11.6 Å². The zero-order valence-electron chi connectivity index (χ0n) is 11.5. The average molecular weight is 282 g/mol. The third-order valence-corrected chi connectivity index (χ3v) is 5.85. The van der Waals surface area contributed by atoms with Crippen molar-refractivity contribution >= 4 is 18.6 Å². The predicted octanol–water partition coefficient (Wildman–Crippen LogP) is 2.20. The van der Waals surface area contributed by atoms with Gasteiger partial charge in [0.2, 0.25) is 0 Å². The molecule has 3 nitrogen and oxygen atoms in total. The Balaban J connectivity index is 2.00. The smallest absolute Gasteiger partial charge is 0.310 e. The molecule has 106 valence electrons. The van der Waals surface area contributed by atoms with Crippen LogP contribution in [0.2, 0.25) is 0 Å². The van der Waals surface area contributed by atoms with Crippen molar-refractivity contribution in [1.29, 1.82) is 0 Å². The van der Waals surface area contributed by atoms with Gasteiger partial charge in [0.15, 0.2) is 0 Å². The molecule has 0 spiro atoms. The zero-order chi connectivity index (χ0) is 13.8. The van der Waals surface area contributed by atoms with E-state index in [-0.39, 0.29) is 35.4 Å². The largest absolute Gasteiger partial charge is 0.461 e. The zero-order valence-corrected chi connectivity index (χ0v) is 12.4. The average Bonchev–Trinajstić information content (AvgIpc) is 2.67. The van der Waals surface area contributed by atoms with Crippen molar-refractivity contribution in [3.05, 3.63) is 11.6 Å². The first-order chi connectivity index (χ1) is 8.97. The summed E-state index contributed by atoms with van der Waals surface area (Å²) < 4.78 is 5.52. The summed E-state index contributed by atoms with van der Waals surface area (Å²) in [6.45, 7) is 4.35. The Morgan fingerprint density at radius 2 is 2.26 bits per heavy atom. The Bertz CT molecular complexity index is 433. The molecule has 3 rings (SSSR count). The van der Waals surface area contributed by atoms with Gasteiger partial charge in [-0.1, -0.05) is 25.5 Å². The minimum absolute atomic E-state index is 0.0710. The number of thiol groups is 1. The lowest BCUT2D eigenvalue weighted by molar-refractivity contribution is -0.145. The van der Waals surface area contributed by atoms with Gasteiger partial charge in [0.25, 0.3) is 0 Å². The number of carbonyl (C=O) groups excluding carboxylic acids is 1. The number of carbonyl (C=O) groups is 1. The maximum absolute atomic E-state index is 11.9. The number of rotatable bonds is 1. The van der Waals surface area contributed by atoms with Crippen LogP contribution in [0, 0.1) is 23.2 Å². The van der Waals surface area contributed by atoms with E-state index in [4.69, 9.17) is 4.74 Å². The van der Waals surface area contributed by atoms with Crippen molar-refractivity contribution in [3.8, 4) is 0 Å². The van der Waals surface area contributed by atoms with Crippen molar-refractivity contribution in [1.82, 2.24) is 0 Å². The lowest BCUT2D eigenvalue weighted by Crippen LogP contribution is -2.47. The summed E-state index contributed by atoms with van der Waals surface area (Å²) in [5, 5.41) is 10.4. The quantitative estimate of drug-likeness (QED) is 0.440. The van der Waals surface area contributed by atoms with Crippen LogP contribution in [-0.4, -0.2) is 29.0 Å². The van der Waals surface area contributed by atoms with Gasteiger partial charge in [0, 0.05) is 17.1 Å². The Morgan fingerprint density at radius 3 is 2.95 bits per heavy atom. The molecular weight excluding hydrogens is 260 g/mol. The highest BCUT2D eigenvalue weighted by Crippen LogP contribution is 2.54. The third kappa shape index (κ3) is 1.87. The van der Waals surface area contributed by atoms with Crippen LogP contribution in [0.3, 0.4) is 0 Å². The van der Waals surface area contributed by atoms with Gasteiger partial charge in [0.1, 0.15) is 6.10 Å². The molecule has 1 saturated heterocycles. The molecule has 2 aliphatic carbocycles. The van der Waals surface area contributed by atoms with E-state index in [0.717, 1.165) is 19.3 Å². The molecule has 6 atom stereocenters. The second kappa shape index (κ2) is 4.52. The highest BCUT2D eigenvalue weighted by atomic mass is 32.1. The van der Waals surface area contributed by atoms with E-state index in [1.807, 2.05) is 0 Å². The molecule has 2 fully saturated rings. The normalized spacial score (nSPS) is 49.2. The van der Waals surface area contributed by atoms with E-state index in [9.17, 15) is 9.90 Å². The van der Waals surface area contributed by atoms with Gasteiger partial charge in [-0.15, -0.1) is 0 Å². The second-order valence-electron chi connectivity index (χ2n) is 6.58. The fraction of sp³-hybridized carbons (Fsp3) is 0.800. The molecule has 0 unspecified atom stereocenters. The van der Waals surface area contributed by atoms with Crippen LogP contribution in [0.25, 0.3) is 0 Å². The molecule has 19 heavy (non-hydrogen) atoms. The fourth-order valence-electron chi connectivity index (χ4n) is 4.20. The number of ether oxygens (including phenoxy) is 1. The molecule has 0 bridgehead atoms. The van der Waals surface area contributed by atoms with Crippen molar-refractivity contribution in [3.63, 3.8) is 0 Å². The summed E-state index contributed by atoms with van der Waals surface area (Å²) in [6.07, 6.45) is 4.47. The van der Waals surface area contributed by atoms with E-state index in [1.54, 1.807) is 0 Å². The molecule has 1 N–H and O–H groups in total. The number of fused-ring (bicyclic) bond motifs is 2. The van der Waals surface area contributed by atoms with Crippen molar-refractivity contribution < 1.29 is 14.6 Å². The van der Waals surface area contributed by atoms with Crippen LogP contribution in [0.5, 0.6) is 0 Å². The fourth-order valence-corrected chi connectivity index (χ4v) is 4.59. The van der Waals surface area contributed by atoms with Crippen molar-refractivity contribution in [2.24, 2.45) is 23.2 Å². The molecule has 0 aromatic rings. The highest BCUT2D eigenvalue weighted by Gasteiger charge is 2.53.